The van der Waals surface area contributed by atoms with E-state index in [1.54, 1.807) is 0 Å². The smallest absolute Gasteiger partial charge is 0.322 e. The average molecular weight is 789 g/mol. The summed E-state index contributed by atoms with van der Waals surface area (Å²) >= 11 is 0. The molecule has 2 saturated heterocycles. The highest BCUT2D eigenvalue weighted by Crippen LogP contribution is 2.25. The van der Waals surface area contributed by atoms with Crippen LogP contribution in [0.15, 0.2) is 42.5 Å². The molecule has 3 aliphatic rings. The van der Waals surface area contributed by atoms with E-state index in [0.29, 0.717) is 51.0 Å². The third kappa shape index (κ3) is 14.0. The van der Waals surface area contributed by atoms with Crippen LogP contribution in [0.4, 0.5) is 15.3 Å². The third-order valence-electron chi connectivity index (χ3n) is 11.7. The summed E-state index contributed by atoms with van der Waals surface area (Å²) < 4.78 is 4.94. The summed E-state index contributed by atoms with van der Waals surface area (Å²) in [5.74, 6) is 1.22. The number of urea groups is 2. The molecule has 2 aromatic rings. The van der Waals surface area contributed by atoms with Crippen molar-refractivity contribution in [3.05, 3.63) is 64.7 Å². The Morgan fingerprint density at radius 1 is 0.877 bits per heavy atom. The van der Waals surface area contributed by atoms with Crippen LogP contribution in [0.25, 0.3) is 0 Å². The number of piperidine rings is 2. The molecule has 3 aliphatic heterocycles. The fourth-order valence-electron chi connectivity index (χ4n) is 8.14. The molecule has 2 fully saturated rings. The normalized spacial score (nSPS) is 17.0. The predicted molar refractivity (Wildman–Crippen MR) is 229 cm³/mol. The zero-order valence-electron chi connectivity index (χ0n) is 36.1. The summed E-state index contributed by atoms with van der Waals surface area (Å²) in [4.78, 5) is 59.5. The van der Waals surface area contributed by atoms with E-state index in [1.807, 2.05) is 39.8 Å². The summed E-state index contributed by atoms with van der Waals surface area (Å²) in [6.45, 7) is 21.1. The highest BCUT2D eigenvalue weighted by molar-refractivity contribution is 5.91. The summed E-state index contributed by atoms with van der Waals surface area (Å²) in [7, 11) is 0. The molecule has 0 radical (unpaired) electrons. The number of nitrogens with zero attached hydrogens (tertiary/aromatic N) is 4. The number of nitrogens with one attached hydrogen (secondary N) is 2. The Morgan fingerprint density at radius 3 is 2.21 bits per heavy atom. The van der Waals surface area contributed by atoms with Crippen molar-refractivity contribution in [3.63, 3.8) is 0 Å². The van der Waals surface area contributed by atoms with Gasteiger partial charge in [-0.1, -0.05) is 77.9 Å². The standard InChI is InChI=1S/C34H47N5O3.C12H25NO2/c1-4-26-11-10-25(22-27(26)5-2)23-31(32(40)37-17-12-24(3)13-18-37)36-33(41)38-19-15-29(16-20-38)39-21-14-28-8-6-7-9-30(28)35-34(39)42;1-5-8-13(9-7-11(3)4)10-12(14)15-6-2/h6-11,22,24,29,31H,4-5,12-21,23H2,1-3H3,(H,35,42)(H,36,41);11H,5-10H2,1-4H3/t31-;/m1./s1. The molecular weight excluding hydrogens is 717 g/mol. The first-order chi connectivity index (χ1) is 27.5. The molecule has 316 valence electrons. The minimum atomic E-state index is -0.601. The lowest BCUT2D eigenvalue weighted by molar-refractivity contribution is -0.144. The Balaban J connectivity index is 0.000000408. The van der Waals surface area contributed by atoms with Gasteiger partial charge in [0.1, 0.15) is 6.04 Å². The van der Waals surface area contributed by atoms with Crippen molar-refractivity contribution in [2.24, 2.45) is 11.8 Å². The van der Waals surface area contributed by atoms with Gasteiger partial charge in [-0.3, -0.25) is 14.5 Å². The van der Waals surface area contributed by atoms with Gasteiger partial charge in [0.2, 0.25) is 5.91 Å². The highest BCUT2D eigenvalue weighted by Gasteiger charge is 2.34. The van der Waals surface area contributed by atoms with Crippen LogP contribution < -0.4 is 10.6 Å². The molecule has 0 aromatic heterocycles. The van der Waals surface area contributed by atoms with E-state index in [2.05, 4.69) is 81.3 Å². The molecule has 2 aromatic carbocycles. The Labute approximate surface area is 343 Å². The Morgan fingerprint density at radius 2 is 1.56 bits per heavy atom. The Hall–Kier alpha value is -4.12. The molecule has 57 heavy (non-hydrogen) atoms. The maximum absolute atomic E-state index is 13.8. The number of benzene rings is 2. The quantitative estimate of drug-likeness (QED) is 0.180. The first kappa shape index (κ1) is 45.6. The topological polar surface area (TPSA) is 115 Å². The van der Waals surface area contributed by atoms with Gasteiger partial charge >= 0.3 is 18.0 Å². The van der Waals surface area contributed by atoms with Crippen molar-refractivity contribution in [1.82, 2.24) is 24.9 Å². The largest absolute Gasteiger partial charge is 0.465 e. The van der Waals surface area contributed by atoms with Crippen molar-refractivity contribution in [1.29, 1.82) is 0 Å². The molecule has 5 rings (SSSR count). The predicted octanol–water partition coefficient (Wildman–Crippen LogP) is 7.55. The van der Waals surface area contributed by atoms with E-state index in [0.717, 1.165) is 101 Å². The lowest BCUT2D eigenvalue weighted by Crippen LogP contribution is -2.56. The number of fused-ring (bicyclic) bond motifs is 1. The van der Waals surface area contributed by atoms with Gasteiger partial charge < -0.3 is 30.1 Å². The van der Waals surface area contributed by atoms with Crippen LogP contribution in [0.3, 0.4) is 0 Å². The van der Waals surface area contributed by atoms with Crippen LogP contribution in [0.5, 0.6) is 0 Å². The van der Waals surface area contributed by atoms with Crippen molar-refractivity contribution in [3.8, 4) is 0 Å². The van der Waals surface area contributed by atoms with E-state index >= 15 is 0 Å². The van der Waals surface area contributed by atoms with Crippen LogP contribution in [0.1, 0.15) is 109 Å². The van der Waals surface area contributed by atoms with Crippen LogP contribution >= 0.6 is 0 Å². The number of hydrogen-bond acceptors (Lipinski definition) is 6. The summed E-state index contributed by atoms with van der Waals surface area (Å²) in [5.41, 5.74) is 5.76. The molecule has 3 heterocycles. The second-order valence-corrected chi connectivity index (χ2v) is 16.5. The number of aryl methyl sites for hydroxylation is 2. The molecule has 0 bridgehead atoms. The lowest BCUT2D eigenvalue weighted by Gasteiger charge is -2.38. The number of ether oxygens (including phenoxy) is 1. The third-order valence-corrected chi connectivity index (χ3v) is 11.7. The number of para-hydroxylation sites is 1. The van der Waals surface area contributed by atoms with Crippen molar-refractivity contribution < 1.29 is 23.9 Å². The zero-order chi connectivity index (χ0) is 41.3. The summed E-state index contributed by atoms with van der Waals surface area (Å²) in [6.07, 6.45) is 8.89. The second kappa shape index (κ2) is 23.3. The molecule has 0 saturated carbocycles. The van der Waals surface area contributed by atoms with Crippen molar-refractivity contribution >= 4 is 29.6 Å². The molecule has 0 spiro atoms. The monoisotopic (exact) mass is 789 g/mol. The molecule has 0 unspecified atom stereocenters. The van der Waals surface area contributed by atoms with Gasteiger partial charge in [0.05, 0.1) is 13.2 Å². The number of carbonyl (C=O) groups is 4. The lowest BCUT2D eigenvalue weighted by atomic mass is 9.95. The number of carbonyl (C=O) groups excluding carboxylic acids is 4. The SMILES string of the molecule is CCCN(CCC(C)C)CC(=O)OCC.CCc1ccc(C[C@@H](NC(=O)N2CCC(N3CCc4ccccc4NC3=O)CC2)C(=O)N2CCC(C)CC2)cc1CC. The zero-order valence-corrected chi connectivity index (χ0v) is 36.1. The first-order valence-electron chi connectivity index (χ1n) is 21.9. The minimum Gasteiger partial charge on any atom is -0.465 e. The molecule has 11 nitrogen and oxygen atoms in total. The number of rotatable bonds is 15. The van der Waals surface area contributed by atoms with Crippen LogP contribution in [-0.4, -0.2) is 115 Å². The fourth-order valence-corrected chi connectivity index (χ4v) is 8.14. The number of amides is 5. The average Bonchev–Trinajstić information content (AvgIpc) is 3.38. The number of anilines is 1. The number of hydrogen-bond donors (Lipinski definition) is 2. The molecule has 2 N–H and O–H groups in total. The molecular formula is C46H72N6O5. The Kier molecular flexibility index (Phi) is 18.7. The molecule has 11 heteroatoms. The van der Waals surface area contributed by atoms with E-state index in [1.165, 1.54) is 11.1 Å². The van der Waals surface area contributed by atoms with Crippen molar-refractivity contribution in [2.45, 2.75) is 125 Å². The molecule has 5 amide bonds. The van der Waals surface area contributed by atoms with E-state index in [4.69, 9.17) is 4.74 Å². The molecule has 1 atom stereocenters. The van der Waals surface area contributed by atoms with Crippen LogP contribution in [0, 0.1) is 11.8 Å². The van der Waals surface area contributed by atoms with Gasteiger partial charge in [-0.15, -0.1) is 0 Å². The van der Waals surface area contributed by atoms with Crippen LogP contribution in [0.2, 0.25) is 0 Å². The second-order valence-electron chi connectivity index (χ2n) is 16.5. The Bertz CT molecular complexity index is 1580. The number of likely N-dealkylation sites (tertiary alicyclic amines) is 2. The summed E-state index contributed by atoms with van der Waals surface area (Å²) in [6, 6.07) is 13.7. The van der Waals surface area contributed by atoms with Gasteiger partial charge in [0.25, 0.3) is 0 Å². The van der Waals surface area contributed by atoms with Gasteiger partial charge in [-0.2, -0.15) is 0 Å². The highest BCUT2D eigenvalue weighted by atomic mass is 16.5. The van der Waals surface area contributed by atoms with E-state index < -0.39 is 6.04 Å². The maximum atomic E-state index is 13.8. The maximum Gasteiger partial charge on any atom is 0.322 e. The number of esters is 1. The van der Waals surface area contributed by atoms with Crippen molar-refractivity contribution in [2.75, 3.05) is 64.3 Å². The fraction of sp³-hybridized carbons (Fsp3) is 0.652. The van der Waals surface area contributed by atoms with E-state index in [-0.39, 0.29) is 30.0 Å². The van der Waals surface area contributed by atoms with Gasteiger partial charge in [-0.05, 0) is 118 Å². The first-order valence-corrected chi connectivity index (χ1v) is 21.9. The van der Waals surface area contributed by atoms with Crippen LogP contribution in [-0.2, 0) is 40.0 Å². The van der Waals surface area contributed by atoms with Gasteiger partial charge in [0.15, 0.2) is 0 Å². The van der Waals surface area contributed by atoms with Gasteiger partial charge in [-0.25, -0.2) is 9.59 Å². The summed E-state index contributed by atoms with van der Waals surface area (Å²) in [5, 5.41) is 6.20. The minimum absolute atomic E-state index is 0.0172. The van der Waals surface area contributed by atoms with Gasteiger partial charge in [0, 0.05) is 50.9 Å². The molecule has 0 aliphatic carbocycles. The van der Waals surface area contributed by atoms with E-state index in [9.17, 15) is 19.2 Å².